The second-order valence-electron chi connectivity index (χ2n) is 6.14. The third kappa shape index (κ3) is 4.73. The molecule has 1 atom stereocenters. The molecule has 0 spiro atoms. The Morgan fingerprint density at radius 2 is 1.65 bits per heavy atom. The maximum Gasteiger partial charge on any atom is 0.119 e. The van der Waals surface area contributed by atoms with Gasteiger partial charge in [-0.1, -0.05) is 42.5 Å². The molecule has 0 saturated heterocycles. The van der Waals surface area contributed by atoms with Crippen molar-refractivity contribution in [1.29, 1.82) is 0 Å². The third-order valence-electron chi connectivity index (χ3n) is 4.32. The lowest BCUT2D eigenvalue weighted by molar-refractivity contribution is 0.305. The average Bonchev–Trinajstić information content (AvgIpc) is 2.67. The first-order chi connectivity index (χ1) is 12.6. The highest BCUT2D eigenvalue weighted by Gasteiger charge is 2.05. The number of ether oxygens (including phenoxy) is 1. The Kier molecular flexibility index (Phi) is 6.08. The van der Waals surface area contributed by atoms with E-state index in [1.165, 1.54) is 5.56 Å². The van der Waals surface area contributed by atoms with Crippen molar-refractivity contribution >= 4 is 16.5 Å². The molecule has 3 nitrogen and oxygen atoms in total. The highest BCUT2D eigenvalue weighted by atomic mass is 32.2. The Morgan fingerprint density at radius 3 is 2.35 bits per heavy atom. The lowest BCUT2D eigenvalue weighted by atomic mass is 10.1. The van der Waals surface area contributed by atoms with Crippen molar-refractivity contribution in [3.8, 4) is 5.75 Å². The van der Waals surface area contributed by atoms with Crippen LogP contribution in [0.25, 0.3) is 0 Å². The van der Waals surface area contributed by atoms with E-state index in [0.717, 1.165) is 34.0 Å². The second kappa shape index (κ2) is 8.68. The largest absolute Gasteiger partial charge is 0.489 e. The quantitative estimate of drug-likeness (QED) is 0.645. The van der Waals surface area contributed by atoms with Crippen LogP contribution < -0.4 is 10.1 Å². The summed E-state index contributed by atoms with van der Waals surface area (Å²) in [6, 6.07) is 23.9. The van der Waals surface area contributed by atoms with Crippen molar-refractivity contribution in [2.24, 2.45) is 0 Å². The van der Waals surface area contributed by atoms with E-state index in [-0.39, 0.29) is 0 Å². The minimum absolute atomic E-state index is 0.544. The van der Waals surface area contributed by atoms with Crippen LogP contribution in [-0.2, 0) is 24.0 Å². The summed E-state index contributed by atoms with van der Waals surface area (Å²) in [6.07, 6.45) is 1.69. The number of rotatable bonds is 7. The first kappa shape index (κ1) is 18.2. The first-order valence-corrected chi connectivity index (χ1v) is 10.1. The van der Waals surface area contributed by atoms with E-state index in [4.69, 9.17) is 4.74 Å². The third-order valence-corrected chi connectivity index (χ3v) is 5.26. The van der Waals surface area contributed by atoms with E-state index in [1.54, 1.807) is 6.26 Å². The molecule has 26 heavy (non-hydrogen) atoms. The molecule has 0 aliphatic rings. The van der Waals surface area contributed by atoms with Crippen molar-refractivity contribution in [2.45, 2.75) is 25.0 Å². The van der Waals surface area contributed by atoms with Crippen LogP contribution in [0, 0.1) is 6.92 Å². The topological polar surface area (TPSA) is 38.3 Å². The van der Waals surface area contributed by atoms with Crippen LogP contribution in [0.3, 0.4) is 0 Å². The fourth-order valence-corrected chi connectivity index (χ4v) is 3.22. The van der Waals surface area contributed by atoms with Gasteiger partial charge in [-0.25, -0.2) is 0 Å². The number of hydrogen-bond donors (Lipinski definition) is 1. The standard InChI is InChI=1S/C22H23NO2S/c1-17-19(16-25-20-8-4-3-5-9-20)7-6-10-22(17)23-15-18-11-13-21(14-12-18)26(2)24/h3-14,23H,15-16H2,1-2H3/t26-/m1/s1. The molecule has 4 heteroatoms. The van der Waals surface area contributed by atoms with Gasteiger partial charge in [-0.05, 0) is 53.9 Å². The van der Waals surface area contributed by atoms with Crippen LogP contribution in [0.15, 0.2) is 77.7 Å². The van der Waals surface area contributed by atoms with E-state index < -0.39 is 10.8 Å². The Balaban J connectivity index is 1.64. The van der Waals surface area contributed by atoms with Crippen molar-refractivity contribution in [1.82, 2.24) is 0 Å². The van der Waals surface area contributed by atoms with Crippen LogP contribution in [0.4, 0.5) is 5.69 Å². The monoisotopic (exact) mass is 365 g/mol. The fraction of sp³-hybridized carbons (Fsp3) is 0.182. The molecule has 0 aliphatic heterocycles. The molecule has 0 aliphatic carbocycles. The summed E-state index contributed by atoms with van der Waals surface area (Å²) in [7, 11) is -0.937. The van der Waals surface area contributed by atoms with Gasteiger partial charge in [0.15, 0.2) is 0 Å². The number of nitrogens with one attached hydrogen (secondary N) is 1. The molecule has 0 amide bonds. The zero-order chi connectivity index (χ0) is 18.4. The van der Waals surface area contributed by atoms with Crippen molar-refractivity contribution in [2.75, 3.05) is 11.6 Å². The Labute approximate surface area is 157 Å². The molecule has 0 saturated carbocycles. The minimum Gasteiger partial charge on any atom is -0.489 e. The fourth-order valence-electron chi connectivity index (χ4n) is 2.71. The summed E-state index contributed by atoms with van der Waals surface area (Å²) in [5, 5.41) is 3.49. The molecule has 3 aromatic carbocycles. The van der Waals surface area contributed by atoms with E-state index >= 15 is 0 Å². The molecule has 0 fully saturated rings. The van der Waals surface area contributed by atoms with Gasteiger partial charge in [0, 0.05) is 34.2 Å². The van der Waals surface area contributed by atoms with Crippen LogP contribution in [0.5, 0.6) is 5.75 Å². The zero-order valence-corrected chi connectivity index (χ0v) is 15.9. The summed E-state index contributed by atoms with van der Waals surface area (Å²) < 4.78 is 17.3. The average molecular weight is 365 g/mol. The predicted octanol–water partition coefficient (Wildman–Crippen LogP) is 4.92. The minimum atomic E-state index is -0.937. The number of para-hydroxylation sites is 1. The van der Waals surface area contributed by atoms with Crippen LogP contribution >= 0.6 is 0 Å². The molecular weight excluding hydrogens is 342 g/mol. The highest BCUT2D eigenvalue weighted by Crippen LogP contribution is 2.22. The molecule has 1 N–H and O–H groups in total. The smallest absolute Gasteiger partial charge is 0.119 e. The summed E-state index contributed by atoms with van der Waals surface area (Å²) in [4.78, 5) is 0.852. The molecule has 0 bridgehead atoms. The van der Waals surface area contributed by atoms with Gasteiger partial charge in [0.25, 0.3) is 0 Å². The van der Waals surface area contributed by atoms with Gasteiger partial charge in [-0.2, -0.15) is 0 Å². The van der Waals surface area contributed by atoms with Crippen LogP contribution in [-0.4, -0.2) is 10.5 Å². The van der Waals surface area contributed by atoms with Crippen molar-refractivity contribution in [3.63, 3.8) is 0 Å². The predicted molar refractivity (Wildman–Crippen MR) is 108 cm³/mol. The molecule has 0 unspecified atom stereocenters. The van der Waals surface area contributed by atoms with Crippen LogP contribution in [0.2, 0.25) is 0 Å². The molecular formula is C22H23NO2S. The maximum absolute atomic E-state index is 11.5. The highest BCUT2D eigenvalue weighted by molar-refractivity contribution is 7.84. The van der Waals surface area contributed by atoms with Crippen molar-refractivity contribution in [3.05, 3.63) is 89.5 Å². The zero-order valence-electron chi connectivity index (χ0n) is 15.1. The van der Waals surface area contributed by atoms with Gasteiger partial charge in [-0.3, -0.25) is 4.21 Å². The van der Waals surface area contributed by atoms with Gasteiger partial charge in [0.1, 0.15) is 12.4 Å². The number of benzene rings is 3. The molecule has 0 heterocycles. The van der Waals surface area contributed by atoms with Gasteiger partial charge >= 0.3 is 0 Å². The van der Waals surface area contributed by atoms with E-state index in [0.29, 0.717) is 6.61 Å². The lowest BCUT2D eigenvalue weighted by Crippen LogP contribution is -2.04. The summed E-state index contributed by atoms with van der Waals surface area (Å²) in [5.41, 5.74) is 4.61. The SMILES string of the molecule is Cc1c(COc2ccccc2)cccc1NCc1ccc([S@@](C)=O)cc1. The van der Waals surface area contributed by atoms with E-state index in [1.807, 2.05) is 60.7 Å². The molecule has 0 aromatic heterocycles. The summed E-state index contributed by atoms with van der Waals surface area (Å²) in [6.45, 7) is 3.37. The first-order valence-electron chi connectivity index (χ1n) is 8.56. The van der Waals surface area contributed by atoms with E-state index in [2.05, 4.69) is 24.4 Å². The Hall–Kier alpha value is -2.59. The Bertz CT molecular complexity index is 876. The number of hydrogen-bond acceptors (Lipinski definition) is 3. The Morgan fingerprint density at radius 1 is 0.923 bits per heavy atom. The van der Waals surface area contributed by atoms with Gasteiger partial charge in [0.05, 0.1) is 0 Å². The molecule has 0 radical (unpaired) electrons. The van der Waals surface area contributed by atoms with Crippen molar-refractivity contribution < 1.29 is 8.95 Å². The molecule has 3 rings (SSSR count). The maximum atomic E-state index is 11.5. The molecule has 134 valence electrons. The van der Waals surface area contributed by atoms with Gasteiger partial charge in [0.2, 0.25) is 0 Å². The van der Waals surface area contributed by atoms with Gasteiger partial charge < -0.3 is 10.1 Å². The number of anilines is 1. The lowest BCUT2D eigenvalue weighted by Gasteiger charge is -2.14. The summed E-state index contributed by atoms with van der Waals surface area (Å²) in [5.74, 6) is 0.874. The van der Waals surface area contributed by atoms with Crippen LogP contribution in [0.1, 0.15) is 16.7 Å². The summed E-state index contributed by atoms with van der Waals surface area (Å²) >= 11 is 0. The second-order valence-corrected chi connectivity index (χ2v) is 7.52. The molecule has 3 aromatic rings. The van der Waals surface area contributed by atoms with E-state index in [9.17, 15) is 4.21 Å². The van der Waals surface area contributed by atoms with Gasteiger partial charge in [-0.15, -0.1) is 0 Å². The normalized spacial score (nSPS) is 11.8.